The molecule has 5 rings (SSSR count). The molecule has 0 radical (unpaired) electrons. The molecule has 0 bridgehead atoms. The fourth-order valence-corrected chi connectivity index (χ4v) is 4.48. The molecule has 3 aromatic carbocycles. The molecule has 1 saturated heterocycles. The predicted molar refractivity (Wildman–Crippen MR) is 136 cm³/mol. The van der Waals surface area contributed by atoms with Gasteiger partial charge in [0, 0.05) is 30.4 Å². The molecule has 1 aromatic heterocycles. The minimum Gasteiger partial charge on any atom is -0.436 e. The summed E-state index contributed by atoms with van der Waals surface area (Å²) in [6.07, 6.45) is 1.97. The second-order valence-corrected chi connectivity index (χ2v) is 9.17. The summed E-state index contributed by atoms with van der Waals surface area (Å²) in [5.41, 5.74) is 2.99. The number of nitrogens with one attached hydrogen (secondary N) is 1. The Morgan fingerprint density at radius 3 is 2.66 bits per heavy atom. The normalized spacial score (nSPS) is 14.3. The number of amides is 1. The number of rotatable bonds is 5. The highest BCUT2D eigenvalue weighted by Gasteiger charge is 2.25. The van der Waals surface area contributed by atoms with Crippen molar-refractivity contribution >= 4 is 45.7 Å². The second-order valence-electron chi connectivity index (χ2n) is 8.77. The maximum absolute atomic E-state index is 13.0. The van der Waals surface area contributed by atoms with Crippen molar-refractivity contribution < 1.29 is 14.1 Å². The molecule has 4 aromatic rings. The molecule has 1 N–H and O–H groups in total. The number of aromatic nitrogens is 1. The van der Waals surface area contributed by atoms with Crippen LogP contribution in [0.4, 0.5) is 17.1 Å². The number of nitro benzene ring substituents is 1. The first-order chi connectivity index (χ1) is 16.9. The maximum Gasteiger partial charge on any atom is 0.293 e. The second kappa shape index (κ2) is 9.38. The number of para-hydroxylation sites is 2. The van der Waals surface area contributed by atoms with Crippen LogP contribution < -0.4 is 10.2 Å². The van der Waals surface area contributed by atoms with E-state index in [1.54, 1.807) is 30.3 Å². The highest BCUT2D eigenvalue weighted by molar-refractivity contribution is 6.33. The summed E-state index contributed by atoms with van der Waals surface area (Å²) in [5, 5.41) is 15.0. The van der Waals surface area contributed by atoms with Crippen molar-refractivity contribution in [3.63, 3.8) is 0 Å². The predicted octanol–water partition coefficient (Wildman–Crippen LogP) is 6.55. The third kappa shape index (κ3) is 4.70. The van der Waals surface area contributed by atoms with E-state index < -0.39 is 10.8 Å². The minimum absolute atomic E-state index is 0.0736. The summed E-state index contributed by atoms with van der Waals surface area (Å²) in [6, 6.07) is 16.9. The average Bonchev–Trinajstić information content (AvgIpc) is 3.29. The SMILES string of the molecule is CC1CCN(c2ccc(C(=O)Nc3ccc(Cl)c(-c4nc5ccccc5o4)c3)cc2[N+](=O)[O-])CC1. The third-order valence-corrected chi connectivity index (χ3v) is 6.64. The van der Waals surface area contributed by atoms with E-state index in [1.165, 1.54) is 6.07 Å². The van der Waals surface area contributed by atoms with Gasteiger partial charge in [-0.25, -0.2) is 4.98 Å². The van der Waals surface area contributed by atoms with Gasteiger partial charge in [-0.1, -0.05) is 30.7 Å². The van der Waals surface area contributed by atoms with Crippen LogP contribution in [-0.4, -0.2) is 28.9 Å². The van der Waals surface area contributed by atoms with Gasteiger partial charge >= 0.3 is 0 Å². The number of halogens is 1. The lowest BCUT2D eigenvalue weighted by molar-refractivity contribution is -0.384. The summed E-state index contributed by atoms with van der Waals surface area (Å²) in [4.78, 5) is 30.8. The molecule has 0 saturated carbocycles. The van der Waals surface area contributed by atoms with Crippen molar-refractivity contribution in [2.75, 3.05) is 23.3 Å². The number of nitro groups is 1. The minimum atomic E-state index is -0.460. The van der Waals surface area contributed by atoms with E-state index in [0.717, 1.165) is 25.9 Å². The Bertz CT molecular complexity index is 1390. The van der Waals surface area contributed by atoms with Gasteiger partial charge in [-0.3, -0.25) is 14.9 Å². The van der Waals surface area contributed by atoms with E-state index in [0.29, 0.717) is 44.9 Å². The smallest absolute Gasteiger partial charge is 0.293 e. The molecular weight excluding hydrogens is 468 g/mol. The van der Waals surface area contributed by atoms with Crippen molar-refractivity contribution in [2.45, 2.75) is 19.8 Å². The average molecular weight is 491 g/mol. The van der Waals surface area contributed by atoms with Crippen LogP contribution in [0.2, 0.25) is 5.02 Å². The largest absolute Gasteiger partial charge is 0.436 e. The van der Waals surface area contributed by atoms with Crippen LogP contribution in [0, 0.1) is 16.0 Å². The van der Waals surface area contributed by atoms with Crippen LogP contribution in [-0.2, 0) is 0 Å². The monoisotopic (exact) mass is 490 g/mol. The molecule has 2 heterocycles. The number of hydrogen-bond acceptors (Lipinski definition) is 6. The molecule has 1 fully saturated rings. The summed E-state index contributed by atoms with van der Waals surface area (Å²) in [6.45, 7) is 3.71. The number of anilines is 2. The quantitative estimate of drug-likeness (QED) is 0.251. The molecule has 0 spiro atoms. The van der Waals surface area contributed by atoms with Crippen molar-refractivity contribution in [3.8, 4) is 11.5 Å². The molecule has 1 amide bonds. The van der Waals surface area contributed by atoms with Gasteiger partial charge in [0.25, 0.3) is 11.6 Å². The fourth-order valence-electron chi connectivity index (χ4n) is 4.29. The lowest BCUT2D eigenvalue weighted by Crippen LogP contribution is -2.33. The first-order valence-corrected chi connectivity index (χ1v) is 11.8. The number of fused-ring (bicyclic) bond motifs is 1. The molecule has 0 atom stereocenters. The van der Waals surface area contributed by atoms with Crippen LogP contribution in [0.15, 0.2) is 65.1 Å². The Morgan fingerprint density at radius 1 is 1.14 bits per heavy atom. The third-order valence-electron chi connectivity index (χ3n) is 6.31. The lowest BCUT2D eigenvalue weighted by Gasteiger charge is -2.31. The fraction of sp³-hybridized carbons (Fsp3) is 0.231. The van der Waals surface area contributed by atoms with Gasteiger partial charge < -0.3 is 14.6 Å². The summed E-state index contributed by atoms with van der Waals surface area (Å²) >= 11 is 6.38. The number of piperidine rings is 1. The van der Waals surface area contributed by atoms with E-state index in [4.69, 9.17) is 16.0 Å². The first-order valence-electron chi connectivity index (χ1n) is 11.4. The van der Waals surface area contributed by atoms with Crippen LogP contribution in [0.1, 0.15) is 30.1 Å². The Balaban J connectivity index is 1.40. The molecule has 35 heavy (non-hydrogen) atoms. The lowest BCUT2D eigenvalue weighted by atomic mass is 9.98. The molecule has 8 nitrogen and oxygen atoms in total. The Labute approximate surface area is 206 Å². The molecule has 178 valence electrons. The van der Waals surface area contributed by atoms with E-state index in [-0.39, 0.29) is 11.3 Å². The standard InChI is InChI=1S/C26H23ClN4O4/c1-16-10-12-30(13-11-16)22-9-6-17(14-23(22)31(33)34)25(32)28-18-7-8-20(27)19(15-18)26-29-21-4-2-3-5-24(21)35-26/h2-9,14-16H,10-13H2,1H3,(H,28,32). The van der Waals surface area contributed by atoms with E-state index in [9.17, 15) is 14.9 Å². The zero-order chi connectivity index (χ0) is 24.5. The van der Waals surface area contributed by atoms with E-state index in [1.807, 2.05) is 29.2 Å². The molecule has 1 aliphatic rings. The Hall–Kier alpha value is -3.91. The Kier molecular flexibility index (Phi) is 6.13. The topological polar surface area (TPSA) is 102 Å². The van der Waals surface area contributed by atoms with Gasteiger partial charge in [0.15, 0.2) is 5.58 Å². The summed E-state index contributed by atoms with van der Waals surface area (Å²) in [7, 11) is 0. The van der Waals surface area contributed by atoms with Gasteiger partial charge in [0.1, 0.15) is 11.2 Å². The van der Waals surface area contributed by atoms with Crippen molar-refractivity contribution in [3.05, 3.63) is 81.4 Å². The molecule has 0 aliphatic carbocycles. The van der Waals surface area contributed by atoms with Gasteiger partial charge in [0.2, 0.25) is 5.89 Å². The number of hydrogen-bond donors (Lipinski definition) is 1. The van der Waals surface area contributed by atoms with Crippen molar-refractivity contribution in [2.24, 2.45) is 5.92 Å². The van der Waals surface area contributed by atoms with Gasteiger partial charge in [0.05, 0.1) is 15.5 Å². The van der Waals surface area contributed by atoms with Crippen molar-refractivity contribution in [1.29, 1.82) is 0 Å². The highest BCUT2D eigenvalue weighted by atomic mass is 35.5. The van der Waals surface area contributed by atoms with Crippen molar-refractivity contribution in [1.82, 2.24) is 4.98 Å². The van der Waals surface area contributed by atoms with Gasteiger partial charge in [-0.05, 0) is 61.2 Å². The van der Waals surface area contributed by atoms with Crippen LogP contribution in [0.25, 0.3) is 22.6 Å². The number of benzene rings is 3. The number of nitrogens with zero attached hydrogens (tertiary/aromatic N) is 3. The zero-order valence-electron chi connectivity index (χ0n) is 19.0. The number of carbonyl (C=O) groups excluding carboxylic acids is 1. The number of oxazole rings is 1. The zero-order valence-corrected chi connectivity index (χ0v) is 19.8. The van der Waals surface area contributed by atoms with Crippen LogP contribution in [0.3, 0.4) is 0 Å². The number of carbonyl (C=O) groups is 1. The van der Waals surface area contributed by atoms with Gasteiger partial charge in [-0.15, -0.1) is 0 Å². The Morgan fingerprint density at radius 2 is 1.91 bits per heavy atom. The van der Waals surface area contributed by atoms with E-state index >= 15 is 0 Å². The van der Waals surface area contributed by atoms with Crippen LogP contribution in [0.5, 0.6) is 0 Å². The summed E-state index contributed by atoms with van der Waals surface area (Å²) < 4.78 is 5.81. The summed E-state index contributed by atoms with van der Waals surface area (Å²) in [5.74, 6) is 0.482. The molecule has 9 heteroatoms. The molecule has 1 aliphatic heterocycles. The van der Waals surface area contributed by atoms with E-state index in [2.05, 4.69) is 17.2 Å². The highest BCUT2D eigenvalue weighted by Crippen LogP contribution is 2.34. The maximum atomic E-state index is 13.0. The van der Waals surface area contributed by atoms with Gasteiger partial charge in [-0.2, -0.15) is 0 Å². The molecule has 0 unspecified atom stereocenters. The first kappa shape index (κ1) is 22.9. The van der Waals surface area contributed by atoms with Crippen LogP contribution >= 0.6 is 11.6 Å². The molecular formula is C26H23ClN4O4.